The maximum absolute atomic E-state index is 11.1. The smallest absolute Gasteiger partial charge is 0.308 e. The normalized spacial score (nSPS) is 10.1. The van der Waals surface area contributed by atoms with Crippen molar-refractivity contribution in [2.75, 3.05) is 0 Å². The first-order valence-corrected chi connectivity index (χ1v) is 6.74. The molecule has 0 spiro atoms. The molecule has 3 nitrogen and oxygen atoms in total. The first-order valence-electron chi connectivity index (χ1n) is 6.33. The summed E-state index contributed by atoms with van der Waals surface area (Å²) < 4.78 is 5.17. The summed E-state index contributed by atoms with van der Waals surface area (Å²) in [6.45, 7) is 1.38. The van der Waals surface area contributed by atoms with Gasteiger partial charge in [0.1, 0.15) is 5.75 Å². The number of carbonyl (C=O) groups is 1. The lowest BCUT2D eigenvalue weighted by Gasteiger charge is -2.05. The Bertz CT molecular complexity index is 731. The van der Waals surface area contributed by atoms with E-state index in [0.717, 1.165) is 16.8 Å². The van der Waals surface area contributed by atoms with Gasteiger partial charge in [0.25, 0.3) is 0 Å². The summed E-state index contributed by atoms with van der Waals surface area (Å²) in [5, 5.41) is 2.37. The SMILES string of the molecule is CC(=O)Oc1ccccc1C=Cc1ccccc1N=C=S. The van der Waals surface area contributed by atoms with Crippen LogP contribution in [0.1, 0.15) is 18.1 Å². The largest absolute Gasteiger partial charge is 0.426 e. The minimum atomic E-state index is -0.346. The predicted octanol–water partition coefficient (Wildman–Crippen LogP) is 4.52. The molecule has 0 radical (unpaired) electrons. The van der Waals surface area contributed by atoms with Crippen molar-refractivity contribution in [1.82, 2.24) is 0 Å². The molecule has 0 N–H and O–H groups in total. The lowest BCUT2D eigenvalue weighted by Crippen LogP contribution is -2.02. The zero-order valence-corrected chi connectivity index (χ0v) is 12.3. The van der Waals surface area contributed by atoms with Crippen molar-refractivity contribution in [3.05, 3.63) is 59.7 Å². The van der Waals surface area contributed by atoms with Crippen molar-refractivity contribution < 1.29 is 9.53 Å². The Hall–Kier alpha value is -2.55. The van der Waals surface area contributed by atoms with Gasteiger partial charge in [-0.05, 0) is 24.4 Å². The van der Waals surface area contributed by atoms with Gasteiger partial charge in [0, 0.05) is 18.1 Å². The Kier molecular flexibility index (Phi) is 5.16. The molecule has 0 aliphatic carbocycles. The molecule has 4 heteroatoms. The fourth-order valence-corrected chi connectivity index (χ4v) is 1.92. The standard InChI is InChI=1S/C17H13NO2S/c1-13(19)20-17-9-5-3-7-15(17)11-10-14-6-2-4-8-16(14)18-12-21/h2-11H,1H3. The molecule has 0 unspecified atom stereocenters. The number of nitrogens with zero attached hydrogens (tertiary/aromatic N) is 1. The van der Waals surface area contributed by atoms with E-state index in [1.54, 1.807) is 6.07 Å². The Morgan fingerprint density at radius 1 is 1.10 bits per heavy atom. The number of carbonyl (C=O) groups excluding carboxylic acids is 1. The minimum Gasteiger partial charge on any atom is -0.426 e. The molecule has 0 heterocycles. The van der Waals surface area contributed by atoms with Crippen molar-refractivity contribution in [3.63, 3.8) is 0 Å². The van der Waals surface area contributed by atoms with Gasteiger partial charge < -0.3 is 4.74 Å². The maximum Gasteiger partial charge on any atom is 0.308 e. The highest BCUT2D eigenvalue weighted by molar-refractivity contribution is 7.78. The van der Waals surface area contributed by atoms with Gasteiger partial charge in [-0.1, -0.05) is 48.6 Å². The van der Waals surface area contributed by atoms with E-state index >= 15 is 0 Å². The molecule has 0 aliphatic rings. The third-order valence-electron chi connectivity index (χ3n) is 2.72. The number of hydrogen-bond acceptors (Lipinski definition) is 4. The number of aliphatic imine (C=N–C) groups is 1. The van der Waals surface area contributed by atoms with Crippen LogP contribution in [-0.4, -0.2) is 11.1 Å². The van der Waals surface area contributed by atoms with Crippen molar-refractivity contribution >= 4 is 41.2 Å². The van der Waals surface area contributed by atoms with Crippen molar-refractivity contribution in [2.45, 2.75) is 6.92 Å². The number of benzene rings is 2. The van der Waals surface area contributed by atoms with Crippen LogP contribution >= 0.6 is 12.2 Å². The topological polar surface area (TPSA) is 38.7 Å². The zero-order chi connectivity index (χ0) is 15.1. The van der Waals surface area contributed by atoms with E-state index < -0.39 is 0 Å². The quantitative estimate of drug-likeness (QED) is 0.274. The summed E-state index contributed by atoms with van der Waals surface area (Å²) >= 11 is 4.64. The van der Waals surface area contributed by atoms with Crippen LogP contribution in [0, 0.1) is 0 Å². The monoisotopic (exact) mass is 295 g/mol. The lowest BCUT2D eigenvalue weighted by atomic mass is 10.1. The molecule has 2 aromatic carbocycles. The highest BCUT2D eigenvalue weighted by atomic mass is 32.1. The number of ether oxygens (including phenoxy) is 1. The summed E-state index contributed by atoms with van der Waals surface area (Å²) in [7, 11) is 0. The summed E-state index contributed by atoms with van der Waals surface area (Å²) in [4.78, 5) is 15.1. The zero-order valence-electron chi connectivity index (χ0n) is 11.4. The fraction of sp³-hybridized carbons (Fsp3) is 0.0588. The van der Waals surface area contributed by atoms with E-state index in [1.807, 2.05) is 54.6 Å². The third-order valence-corrected chi connectivity index (χ3v) is 2.81. The van der Waals surface area contributed by atoms with Crippen molar-refractivity contribution in [2.24, 2.45) is 4.99 Å². The predicted molar refractivity (Wildman–Crippen MR) is 87.8 cm³/mol. The highest BCUT2D eigenvalue weighted by Gasteiger charge is 2.03. The molecule has 0 atom stereocenters. The van der Waals surface area contributed by atoms with Gasteiger partial charge >= 0.3 is 5.97 Å². The Morgan fingerprint density at radius 2 is 1.71 bits per heavy atom. The van der Waals surface area contributed by atoms with E-state index in [-0.39, 0.29) is 5.97 Å². The number of hydrogen-bond donors (Lipinski definition) is 0. The van der Waals surface area contributed by atoms with Gasteiger partial charge in [-0.2, -0.15) is 4.99 Å². The van der Waals surface area contributed by atoms with Gasteiger partial charge in [0.2, 0.25) is 0 Å². The number of para-hydroxylation sites is 2. The maximum atomic E-state index is 11.1. The van der Waals surface area contributed by atoms with Crippen molar-refractivity contribution in [1.29, 1.82) is 0 Å². The molecule has 0 aliphatic heterocycles. The van der Waals surface area contributed by atoms with Gasteiger partial charge in [-0.15, -0.1) is 0 Å². The van der Waals surface area contributed by atoms with E-state index in [0.29, 0.717) is 5.75 Å². The minimum absolute atomic E-state index is 0.346. The average molecular weight is 295 g/mol. The summed E-state index contributed by atoms with van der Waals surface area (Å²) in [6, 6.07) is 14.9. The molecule has 0 amide bonds. The summed E-state index contributed by atoms with van der Waals surface area (Å²) in [6.07, 6.45) is 3.77. The van der Waals surface area contributed by atoms with Crippen LogP contribution in [0.4, 0.5) is 5.69 Å². The highest BCUT2D eigenvalue weighted by Crippen LogP contribution is 2.24. The van der Waals surface area contributed by atoms with E-state index in [4.69, 9.17) is 4.74 Å². The number of thiocarbonyl (C=S) groups is 1. The fourth-order valence-electron chi connectivity index (χ4n) is 1.83. The molecule has 0 aromatic heterocycles. The molecule has 21 heavy (non-hydrogen) atoms. The molecule has 0 saturated carbocycles. The van der Waals surface area contributed by atoms with E-state index in [2.05, 4.69) is 22.4 Å². The molecular formula is C17H13NO2S. The Balaban J connectivity index is 2.34. The van der Waals surface area contributed by atoms with Crippen LogP contribution in [-0.2, 0) is 4.79 Å². The molecule has 0 saturated heterocycles. The molecule has 104 valence electrons. The second kappa shape index (κ2) is 7.29. The van der Waals surface area contributed by atoms with E-state index in [9.17, 15) is 4.79 Å². The summed E-state index contributed by atoms with van der Waals surface area (Å²) in [5.41, 5.74) is 2.47. The Morgan fingerprint density at radius 3 is 2.43 bits per heavy atom. The molecule has 0 bridgehead atoms. The van der Waals surface area contributed by atoms with Gasteiger partial charge in [-0.25, -0.2) is 0 Å². The van der Waals surface area contributed by atoms with Crippen LogP contribution in [0.25, 0.3) is 12.2 Å². The summed E-state index contributed by atoms with van der Waals surface area (Å²) in [5.74, 6) is 0.179. The van der Waals surface area contributed by atoms with Crippen LogP contribution in [0.5, 0.6) is 5.75 Å². The second-order valence-corrected chi connectivity index (χ2v) is 4.41. The molecule has 0 fully saturated rings. The number of isothiocyanates is 1. The second-order valence-electron chi connectivity index (χ2n) is 4.23. The van der Waals surface area contributed by atoms with Crippen LogP contribution in [0.2, 0.25) is 0 Å². The number of esters is 1. The number of rotatable bonds is 4. The average Bonchev–Trinajstić information content (AvgIpc) is 2.47. The van der Waals surface area contributed by atoms with Crippen LogP contribution < -0.4 is 4.74 Å². The first-order chi connectivity index (χ1) is 10.2. The first kappa shape index (κ1) is 14.9. The lowest BCUT2D eigenvalue weighted by molar-refractivity contribution is -0.131. The van der Waals surface area contributed by atoms with Crippen LogP contribution in [0.15, 0.2) is 53.5 Å². The molecule has 2 aromatic rings. The van der Waals surface area contributed by atoms with Crippen LogP contribution in [0.3, 0.4) is 0 Å². The van der Waals surface area contributed by atoms with E-state index in [1.165, 1.54) is 6.92 Å². The molecular weight excluding hydrogens is 282 g/mol. The van der Waals surface area contributed by atoms with Gasteiger partial charge in [0.05, 0.1) is 10.8 Å². The van der Waals surface area contributed by atoms with Gasteiger partial charge in [-0.3, -0.25) is 4.79 Å². The molecule has 2 rings (SSSR count). The third kappa shape index (κ3) is 4.21. The van der Waals surface area contributed by atoms with Gasteiger partial charge in [0.15, 0.2) is 0 Å². The Labute approximate surface area is 128 Å². The van der Waals surface area contributed by atoms with Crippen molar-refractivity contribution in [3.8, 4) is 5.75 Å².